The first kappa shape index (κ1) is 29.7. The molecule has 0 radical (unpaired) electrons. The fourth-order valence-electron chi connectivity index (χ4n) is 6.04. The fraction of sp³-hybridized carbons (Fsp3) is 0.704. The molecule has 3 saturated carbocycles. The van der Waals surface area contributed by atoms with Gasteiger partial charge in [-0.3, -0.25) is 9.79 Å². The van der Waals surface area contributed by atoms with Crippen molar-refractivity contribution in [3.63, 3.8) is 0 Å². The first-order valence-corrected chi connectivity index (χ1v) is 15.4. The van der Waals surface area contributed by atoms with Crippen LogP contribution in [0, 0.1) is 10.8 Å². The summed E-state index contributed by atoms with van der Waals surface area (Å²) in [6.07, 6.45) is -0.615. The molecule has 212 valence electrons. The molecule has 1 heterocycles. The van der Waals surface area contributed by atoms with Crippen LogP contribution < -0.4 is 5.32 Å². The summed E-state index contributed by atoms with van der Waals surface area (Å²) < 4.78 is 53.9. The minimum absolute atomic E-state index is 0.0256. The number of ketones is 1. The highest BCUT2D eigenvalue weighted by molar-refractivity contribution is 7.89. The van der Waals surface area contributed by atoms with Gasteiger partial charge in [0.1, 0.15) is 11.9 Å². The van der Waals surface area contributed by atoms with Crippen molar-refractivity contribution in [1.29, 1.82) is 0 Å². The molecule has 0 aromatic heterocycles. The minimum atomic E-state index is -3.98. The van der Waals surface area contributed by atoms with Crippen LogP contribution in [0.4, 0.5) is 8.78 Å². The molecular formula is C27H37Cl2F2N3O3S. The highest BCUT2D eigenvalue weighted by atomic mass is 35.5. The quantitative estimate of drug-likeness (QED) is 0.330. The van der Waals surface area contributed by atoms with E-state index < -0.39 is 45.7 Å². The predicted octanol–water partition coefficient (Wildman–Crippen LogP) is 6.25. The van der Waals surface area contributed by atoms with E-state index in [-0.39, 0.29) is 23.2 Å². The van der Waals surface area contributed by atoms with Gasteiger partial charge in [0.25, 0.3) is 0 Å². The summed E-state index contributed by atoms with van der Waals surface area (Å²) in [7, 11) is -3.98. The third-order valence-corrected chi connectivity index (χ3v) is 10.8. The highest BCUT2D eigenvalue weighted by Crippen LogP contribution is 2.71. The van der Waals surface area contributed by atoms with E-state index in [0.717, 1.165) is 12.3 Å². The number of alkyl halides is 2. The number of nitrogens with zero attached hydrogens (tertiary/aromatic N) is 2. The van der Waals surface area contributed by atoms with Gasteiger partial charge in [-0.05, 0) is 62.6 Å². The van der Waals surface area contributed by atoms with E-state index in [1.807, 2.05) is 13.8 Å². The van der Waals surface area contributed by atoms with Gasteiger partial charge in [-0.25, -0.2) is 17.2 Å². The molecule has 0 saturated heterocycles. The summed E-state index contributed by atoms with van der Waals surface area (Å²) in [6, 6.07) is 4.42. The Kier molecular flexibility index (Phi) is 7.78. The lowest BCUT2D eigenvalue weighted by Crippen LogP contribution is -2.78. The maximum absolute atomic E-state index is 13.3. The Labute approximate surface area is 234 Å². The lowest BCUT2D eigenvalue weighted by Gasteiger charge is -2.73. The molecule has 6 nitrogen and oxygen atoms in total. The lowest BCUT2D eigenvalue weighted by molar-refractivity contribution is -0.151. The number of aliphatic imine (C=N–C) groups is 1. The van der Waals surface area contributed by atoms with Crippen LogP contribution in [-0.2, 0) is 21.4 Å². The van der Waals surface area contributed by atoms with Gasteiger partial charge in [-0.1, -0.05) is 50.0 Å². The summed E-state index contributed by atoms with van der Waals surface area (Å²) in [5.74, 6) is 0.236. The molecule has 38 heavy (non-hydrogen) atoms. The number of carbonyl (C=O) groups is 1. The second-order valence-electron chi connectivity index (χ2n) is 13.0. The zero-order chi connectivity index (χ0) is 28.3. The Morgan fingerprint density at radius 1 is 1.18 bits per heavy atom. The first-order valence-electron chi connectivity index (χ1n) is 13.0. The average molecular weight is 593 g/mol. The molecule has 2 bridgehead atoms. The van der Waals surface area contributed by atoms with Crippen molar-refractivity contribution < 1.29 is 22.0 Å². The van der Waals surface area contributed by atoms with Gasteiger partial charge in [-0.15, -0.1) is 0 Å². The second-order valence-corrected chi connectivity index (χ2v) is 15.9. The van der Waals surface area contributed by atoms with Gasteiger partial charge >= 0.3 is 0 Å². The molecule has 5 rings (SSSR count). The number of sulfonamides is 1. The number of nitrogens with one attached hydrogen (secondary N) is 1. The van der Waals surface area contributed by atoms with Crippen LogP contribution in [0.25, 0.3) is 0 Å². The number of amidine groups is 1. The summed E-state index contributed by atoms with van der Waals surface area (Å²) in [5, 5.41) is 4.12. The topological polar surface area (TPSA) is 78.8 Å². The monoisotopic (exact) mass is 591 g/mol. The van der Waals surface area contributed by atoms with Crippen molar-refractivity contribution in [2.75, 3.05) is 5.75 Å². The second kappa shape index (κ2) is 9.96. The molecule has 0 amide bonds. The molecule has 0 spiro atoms. The average Bonchev–Trinajstić information content (AvgIpc) is 3.05. The van der Waals surface area contributed by atoms with Crippen molar-refractivity contribution in [3.05, 3.63) is 33.8 Å². The molecule has 0 unspecified atom stereocenters. The summed E-state index contributed by atoms with van der Waals surface area (Å²) in [4.78, 5) is 17.9. The van der Waals surface area contributed by atoms with Gasteiger partial charge in [0.2, 0.25) is 16.4 Å². The summed E-state index contributed by atoms with van der Waals surface area (Å²) in [5.41, 5.74) is -0.844. The van der Waals surface area contributed by atoms with E-state index in [1.165, 1.54) is 4.31 Å². The standard InChI is InChI=1S/C27H37Cl2F2N3O3S/c1-24(2,3)10-8-20(35)22-25(4,5)33-23(32-22)26-14-27(15-26,16-26)34(38(36,37)11-9-21(30)31)13-17-6-7-18(28)19(29)12-17/h6-7,12,21-22H,8-11,13-16H2,1-5H3,(H,32,33)/t22-,26?,27?/m0/s1. The Morgan fingerprint density at radius 2 is 1.82 bits per heavy atom. The van der Waals surface area contributed by atoms with E-state index in [0.29, 0.717) is 41.3 Å². The molecule has 3 aliphatic carbocycles. The minimum Gasteiger partial charge on any atom is -0.366 e. The van der Waals surface area contributed by atoms with Crippen molar-refractivity contribution >= 4 is 44.8 Å². The third-order valence-electron chi connectivity index (χ3n) is 8.08. The predicted molar refractivity (Wildman–Crippen MR) is 148 cm³/mol. The Hall–Kier alpha value is -1.29. The zero-order valence-electron chi connectivity index (χ0n) is 22.6. The first-order chi connectivity index (χ1) is 17.4. The Balaban J connectivity index is 1.53. The largest absolute Gasteiger partial charge is 0.366 e. The number of hydrogen-bond donors (Lipinski definition) is 1. The lowest BCUT2D eigenvalue weighted by atomic mass is 9.38. The van der Waals surface area contributed by atoms with Crippen LogP contribution in [-0.4, -0.2) is 53.6 Å². The summed E-state index contributed by atoms with van der Waals surface area (Å²) >= 11 is 12.2. The van der Waals surface area contributed by atoms with Gasteiger partial charge in [0.15, 0.2) is 5.78 Å². The smallest absolute Gasteiger partial charge is 0.239 e. The van der Waals surface area contributed by atoms with Crippen LogP contribution >= 0.6 is 23.2 Å². The SMILES string of the molecule is CC(C)(C)CCC(=O)[C@@H]1N=C(C23CC(N(Cc4ccc(Cl)c(Cl)c4)S(=O)(=O)CCC(F)F)(C2)C3)NC1(C)C. The number of carbonyl (C=O) groups excluding carboxylic acids is 1. The van der Waals surface area contributed by atoms with E-state index in [4.69, 9.17) is 28.2 Å². The molecule has 1 aliphatic heterocycles. The van der Waals surface area contributed by atoms with Crippen LogP contribution in [0.1, 0.15) is 78.7 Å². The van der Waals surface area contributed by atoms with Crippen molar-refractivity contribution in [3.8, 4) is 0 Å². The Morgan fingerprint density at radius 3 is 2.37 bits per heavy atom. The van der Waals surface area contributed by atoms with Crippen molar-refractivity contribution in [2.45, 2.75) is 103 Å². The van der Waals surface area contributed by atoms with Crippen LogP contribution in [0.15, 0.2) is 23.2 Å². The number of benzene rings is 1. The fourth-order valence-corrected chi connectivity index (χ4v) is 8.18. The number of Topliss-reactive ketones (excluding diaryl/α,β-unsaturated/α-hetero) is 1. The van der Waals surface area contributed by atoms with Gasteiger partial charge in [-0.2, -0.15) is 4.31 Å². The highest BCUT2D eigenvalue weighted by Gasteiger charge is 2.75. The van der Waals surface area contributed by atoms with E-state index in [9.17, 15) is 22.0 Å². The van der Waals surface area contributed by atoms with Crippen molar-refractivity contribution in [1.82, 2.24) is 9.62 Å². The number of halogens is 4. The molecular weight excluding hydrogens is 555 g/mol. The van der Waals surface area contributed by atoms with E-state index >= 15 is 0 Å². The maximum atomic E-state index is 13.3. The van der Waals surface area contributed by atoms with Gasteiger partial charge < -0.3 is 5.32 Å². The van der Waals surface area contributed by atoms with Gasteiger partial charge in [0.05, 0.1) is 21.3 Å². The Bertz CT molecular complexity index is 1220. The third kappa shape index (κ3) is 5.77. The molecule has 1 N–H and O–H groups in total. The van der Waals surface area contributed by atoms with Crippen LogP contribution in [0.2, 0.25) is 10.0 Å². The molecule has 4 aliphatic rings. The summed E-state index contributed by atoms with van der Waals surface area (Å²) in [6.45, 7) is 10.3. The van der Waals surface area contributed by atoms with Gasteiger partial charge in [0, 0.05) is 30.3 Å². The normalized spacial score (nSPS) is 28.1. The van der Waals surface area contributed by atoms with E-state index in [2.05, 4.69) is 26.1 Å². The number of hydrogen-bond acceptors (Lipinski definition) is 5. The van der Waals surface area contributed by atoms with Crippen LogP contribution in [0.5, 0.6) is 0 Å². The van der Waals surface area contributed by atoms with Crippen LogP contribution in [0.3, 0.4) is 0 Å². The number of rotatable bonds is 11. The maximum Gasteiger partial charge on any atom is 0.239 e. The molecule has 11 heteroatoms. The molecule has 3 fully saturated rings. The molecule has 1 aromatic carbocycles. The molecule has 1 atom stereocenters. The van der Waals surface area contributed by atoms with E-state index in [1.54, 1.807) is 18.2 Å². The molecule has 1 aromatic rings. The van der Waals surface area contributed by atoms with Crippen molar-refractivity contribution in [2.24, 2.45) is 15.8 Å². The zero-order valence-corrected chi connectivity index (χ0v) is 24.9.